The fourth-order valence-corrected chi connectivity index (χ4v) is 2.64. The van der Waals surface area contributed by atoms with Crippen LogP contribution in [0.2, 0.25) is 0 Å². The molecule has 1 heterocycles. The van der Waals surface area contributed by atoms with E-state index < -0.39 is 5.92 Å². The Morgan fingerprint density at radius 1 is 1.15 bits per heavy atom. The number of carbonyl (C=O) groups excluding carboxylic acids is 1. The van der Waals surface area contributed by atoms with Crippen LogP contribution >= 0.6 is 0 Å². The summed E-state index contributed by atoms with van der Waals surface area (Å²) in [7, 11) is 0. The van der Waals surface area contributed by atoms with Gasteiger partial charge in [0, 0.05) is 6.42 Å². The smallest absolute Gasteiger partial charge is 0.320 e. The monoisotopic (exact) mass is 276 g/mol. The number of ether oxygens (including phenoxy) is 2. The fraction of sp³-hybridized carbons (Fsp3) is 0.588. The molecule has 2 rings (SSSR count). The summed E-state index contributed by atoms with van der Waals surface area (Å²) < 4.78 is 11.5. The molecular weight excluding hydrogens is 252 g/mol. The molecule has 0 spiro atoms. The minimum atomic E-state index is -0.423. The van der Waals surface area contributed by atoms with E-state index >= 15 is 0 Å². The van der Waals surface area contributed by atoms with Crippen molar-refractivity contribution in [2.24, 2.45) is 11.8 Å². The molecule has 3 heteroatoms. The van der Waals surface area contributed by atoms with Crippen LogP contribution in [0.4, 0.5) is 0 Å². The van der Waals surface area contributed by atoms with Crippen molar-refractivity contribution in [3.05, 3.63) is 35.1 Å². The molecule has 0 aromatic rings. The largest absolute Gasteiger partial charge is 0.494 e. The Morgan fingerprint density at radius 2 is 1.80 bits per heavy atom. The molecule has 1 aliphatic carbocycles. The summed E-state index contributed by atoms with van der Waals surface area (Å²) in [5.74, 6) is 0.469. The van der Waals surface area contributed by atoms with Gasteiger partial charge in [0.1, 0.15) is 17.8 Å². The van der Waals surface area contributed by atoms with Crippen LogP contribution in [-0.2, 0) is 14.3 Å². The van der Waals surface area contributed by atoms with Gasteiger partial charge >= 0.3 is 5.97 Å². The van der Waals surface area contributed by atoms with Gasteiger partial charge in [-0.25, -0.2) is 0 Å². The fourth-order valence-electron chi connectivity index (χ4n) is 2.64. The second-order valence-electron chi connectivity index (χ2n) is 6.15. The summed E-state index contributed by atoms with van der Waals surface area (Å²) in [6, 6.07) is 0. The topological polar surface area (TPSA) is 35.5 Å². The van der Waals surface area contributed by atoms with Gasteiger partial charge in [-0.2, -0.15) is 0 Å². The first-order valence-electron chi connectivity index (χ1n) is 7.35. The predicted molar refractivity (Wildman–Crippen MR) is 79.0 cm³/mol. The second-order valence-corrected chi connectivity index (χ2v) is 6.15. The SMILES string of the molecule is CC1=CC2C(=O)O[C@H](C)C[C@H](C)OC2=CC(C(C)C)=C1. The molecule has 3 nitrogen and oxygen atoms in total. The number of carbonyl (C=O) groups is 1. The van der Waals surface area contributed by atoms with Gasteiger partial charge in [0.2, 0.25) is 0 Å². The van der Waals surface area contributed by atoms with Crippen molar-refractivity contribution in [2.45, 2.75) is 53.2 Å². The van der Waals surface area contributed by atoms with Crippen molar-refractivity contribution in [1.82, 2.24) is 0 Å². The zero-order valence-corrected chi connectivity index (χ0v) is 13.0. The van der Waals surface area contributed by atoms with Crippen molar-refractivity contribution in [3.8, 4) is 0 Å². The molecule has 20 heavy (non-hydrogen) atoms. The summed E-state index contributed by atoms with van der Waals surface area (Å²) in [6.07, 6.45) is 6.73. The average Bonchev–Trinajstić information content (AvgIpc) is 2.47. The van der Waals surface area contributed by atoms with Gasteiger partial charge in [-0.05, 0) is 38.3 Å². The van der Waals surface area contributed by atoms with Gasteiger partial charge in [0.15, 0.2) is 0 Å². The number of rotatable bonds is 1. The van der Waals surface area contributed by atoms with Gasteiger partial charge in [-0.15, -0.1) is 0 Å². The van der Waals surface area contributed by atoms with Crippen molar-refractivity contribution >= 4 is 5.97 Å². The molecule has 0 radical (unpaired) electrons. The van der Waals surface area contributed by atoms with E-state index in [1.807, 2.05) is 32.9 Å². The van der Waals surface area contributed by atoms with E-state index in [0.29, 0.717) is 11.7 Å². The average molecular weight is 276 g/mol. The highest BCUT2D eigenvalue weighted by atomic mass is 16.6. The maximum absolute atomic E-state index is 12.3. The highest BCUT2D eigenvalue weighted by Crippen LogP contribution is 2.30. The van der Waals surface area contributed by atoms with Crippen molar-refractivity contribution in [2.75, 3.05) is 0 Å². The van der Waals surface area contributed by atoms with Crippen LogP contribution in [0.1, 0.15) is 41.0 Å². The minimum absolute atomic E-state index is 0.0482. The molecule has 0 saturated carbocycles. The van der Waals surface area contributed by atoms with Crippen LogP contribution in [0.15, 0.2) is 35.1 Å². The molecule has 2 aliphatic rings. The lowest BCUT2D eigenvalue weighted by Crippen LogP contribution is -2.31. The summed E-state index contributed by atoms with van der Waals surface area (Å²) >= 11 is 0. The van der Waals surface area contributed by atoms with Crippen LogP contribution in [0, 0.1) is 11.8 Å². The Labute approximate surface area is 121 Å². The van der Waals surface area contributed by atoms with E-state index in [-0.39, 0.29) is 18.2 Å². The number of allylic oxidation sites excluding steroid dienone is 4. The van der Waals surface area contributed by atoms with Crippen LogP contribution in [0.5, 0.6) is 0 Å². The van der Waals surface area contributed by atoms with Gasteiger partial charge in [0.25, 0.3) is 0 Å². The second kappa shape index (κ2) is 5.86. The molecule has 0 amide bonds. The van der Waals surface area contributed by atoms with Crippen LogP contribution in [-0.4, -0.2) is 18.2 Å². The Morgan fingerprint density at radius 3 is 2.45 bits per heavy atom. The molecule has 110 valence electrons. The maximum atomic E-state index is 12.3. The highest BCUT2D eigenvalue weighted by molar-refractivity contribution is 5.78. The van der Waals surface area contributed by atoms with Gasteiger partial charge in [0.05, 0.1) is 6.10 Å². The Balaban J connectivity index is 2.41. The zero-order chi connectivity index (χ0) is 14.9. The van der Waals surface area contributed by atoms with E-state index in [9.17, 15) is 4.79 Å². The van der Waals surface area contributed by atoms with Crippen molar-refractivity contribution in [1.29, 1.82) is 0 Å². The first-order chi connectivity index (χ1) is 9.36. The molecule has 1 saturated heterocycles. The molecular formula is C17H24O3. The third-order valence-corrected chi connectivity index (χ3v) is 3.68. The third-order valence-electron chi connectivity index (χ3n) is 3.68. The maximum Gasteiger partial charge on any atom is 0.320 e. The predicted octanol–water partition coefficient (Wildman–Crippen LogP) is 3.77. The van der Waals surface area contributed by atoms with Gasteiger partial charge in [-0.1, -0.05) is 31.6 Å². The lowest BCUT2D eigenvalue weighted by Gasteiger charge is -2.28. The molecule has 0 aromatic heterocycles. The molecule has 1 fully saturated rings. The zero-order valence-electron chi connectivity index (χ0n) is 13.0. The number of fused-ring (bicyclic) bond motifs is 1. The summed E-state index contributed by atoms with van der Waals surface area (Å²) in [5, 5.41) is 0. The lowest BCUT2D eigenvalue weighted by molar-refractivity contribution is -0.155. The molecule has 1 unspecified atom stereocenters. The minimum Gasteiger partial charge on any atom is -0.494 e. The van der Waals surface area contributed by atoms with Crippen LogP contribution < -0.4 is 0 Å². The summed E-state index contributed by atoms with van der Waals surface area (Å²) in [4.78, 5) is 12.3. The lowest BCUT2D eigenvalue weighted by atomic mass is 10.00. The van der Waals surface area contributed by atoms with E-state index in [1.54, 1.807) is 0 Å². The van der Waals surface area contributed by atoms with E-state index in [4.69, 9.17) is 9.47 Å². The van der Waals surface area contributed by atoms with Crippen molar-refractivity contribution in [3.63, 3.8) is 0 Å². The van der Waals surface area contributed by atoms with E-state index in [1.165, 1.54) is 5.57 Å². The number of hydrogen-bond acceptors (Lipinski definition) is 3. The third kappa shape index (κ3) is 3.33. The van der Waals surface area contributed by atoms with E-state index in [2.05, 4.69) is 19.9 Å². The van der Waals surface area contributed by atoms with Crippen molar-refractivity contribution < 1.29 is 14.3 Å². The normalized spacial score (nSPS) is 30.8. The Kier molecular flexibility index (Phi) is 4.36. The van der Waals surface area contributed by atoms with Crippen LogP contribution in [0.3, 0.4) is 0 Å². The number of hydrogen-bond donors (Lipinski definition) is 0. The molecule has 3 atom stereocenters. The number of cyclic esters (lactones) is 1. The first kappa shape index (κ1) is 14.9. The summed E-state index contributed by atoms with van der Waals surface area (Å²) in [6.45, 7) is 10.2. The number of esters is 1. The highest BCUT2D eigenvalue weighted by Gasteiger charge is 2.31. The Hall–Kier alpha value is -1.51. The quantitative estimate of drug-likeness (QED) is 0.684. The standard InChI is InChI=1S/C17H24O3/c1-10(2)14-6-11(3)7-15-16(9-14)19-12(4)8-13(5)20-17(15)18/h6-7,9-10,12-13,15H,8H2,1-5H3/t12-,13+,15?/m0/s1. The Bertz CT molecular complexity index is 482. The summed E-state index contributed by atoms with van der Waals surface area (Å²) in [5.41, 5.74) is 2.26. The molecule has 0 bridgehead atoms. The van der Waals surface area contributed by atoms with E-state index in [0.717, 1.165) is 12.0 Å². The van der Waals surface area contributed by atoms with Gasteiger partial charge in [-0.3, -0.25) is 4.79 Å². The van der Waals surface area contributed by atoms with Gasteiger partial charge < -0.3 is 9.47 Å². The first-order valence-corrected chi connectivity index (χ1v) is 7.35. The molecule has 1 aliphatic heterocycles. The molecule has 0 aromatic carbocycles. The van der Waals surface area contributed by atoms with Crippen LogP contribution in [0.25, 0.3) is 0 Å². The molecule has 0 N–H and O–H groups in total.